The average molecular weight is 170 g/mol. The van der Waals surface area contributed by atoms with Crippen LogP contribution in [0.1, 0.15) is 7.43 Å². The van der Waals surface area contributed by atoms with Gasteiger partial charge in [-0.2, -0.15) is 0 Å². The van der Waals surface area contributed by atoms with Crippen LogP contribution >= 0.6 is 0 Å². The summed E-state index contributed by atoms with van der Waals surface area (Å²) in [7, 11) is 0. The predicted molar refractivity (Wildman–Crippen MR) is 18.2 cm³/mol. The summed E-state index contributed by atoms with van der Waals surface area (Å²) in [5.41, 5.74) is 0. The van der Waals surface area contributed by atoms with Crippen molar-refractivity contribution in [2.45, 2.75) is 7.43 Å². The largest absolute Gasteiger partial charge is 0.0776 e. The van der Waals surface area contributed by atoms with Crippen LogP contribution in [0.25, 0.3) is 0 Å². The van der Waals surface area contributed by atoms with E-state index in [1.165, 1.54) is 0 Å². The molecule has 0 unspecified atom stereocenters. The minimum atomic E-state index is 0. The maximum absolute atomic E-state index is 0. The first-order valence-electron chi connectivity index (χ1n) is 0. The number of hydrogen-bond donors (Lipinski definition) is 0. The van der Waals surface area contributed by atoms with Gasteiger partial charge in [-0.3, -0.25) is 0 Å². The van der Waals surface area contributed by atoms with E-state index in [9.17, 15) is 0 Å². The molecule has 0 saturated heterocycles. The number of rotatable bonds is 0. The molecule has 0 aliphatic heterocycles. The van der Waals surface area contributed by atoms with Gasteiger partial charge in [0, 0.05) is 53.2 Å². The Bertz CT molecular complexity index is 11.6. The second-order valence-electron chi connectivity index (χ2n) is 0. The van der Waals surface area contributed by atoms with Gasteiger partial charge in [0.2, 0.25) is 0 Å². The first kappa shape index (κ1) is 104. The fourth-order valence-corrected chi connectivity index (χ4v) is 0. The summed E-state index contributed by atoms with van der Waals surface area (Å²) in [4.78, 5) is 0. The molecule has 4 heteroatoms. The van der Waals surface area contributed by atoms with Gasteiger partial charge in [0.25, 0.3) is 0 Å². The Balaban J connectivity index is 0. The Kier molecular flexibility index (Phi) is 1200. The fraction of sp³-hybridized carbons (Fsp3) is 1.00. The molecule has 0 heterocycles. The Labute approximate surface area is 60.8 Å². The predicted octanol–water partition coefficient (Wildman–Crippen LogP) is -0.131. The molecule has 0 spiro atoms. The number of hydrogen-bond acceptors (Lipinski definition) is 0. The van der Waals surface area contributed by atoms with Gasteiger partial charge in [0.15, 0.2) is 0 Å². The monoisotopic (exact) mass is 170 g/mol. The minimum absolute atomic E-state index is 0. The van der Waals surface area contributed by atoms with Gasteiger partial charge in [0.05, 0.1) is 0 Å². The molecule has 0 aromatic carbocycles. The molecule has 0 bridgehead atoms. The Morgan fingerprint density at radius 3 is 1.00 bits per heavy atom. The zero-order valence-corrected chi connectivity index (χ0v) is 4.91. The molecule has 0 atom stereocenters. The maximum Gasteiger partial charge on any atom is 0 e. The van der Waals surface area contributed by atoms with Crippen LogP contribution in [0.5, 0.6) is 0 Å². The minimum Gasteiger partial charge on any atom is -0.0776 e. The Hall–Kier alpha value is 1.31. The van der Waals surface area contributed by atoms with Crippen LogP contribution in [0.15, 0.2) is 0 Å². The molecule has 8 radical (unpaired) electrons. The van der Waals surface area contributed by atoms with E-state index in [2.05, 4.69) is 0 Å². The zero-order valence-electron chi connectivity index (χ0n) is 1.76. The standard InChI is InChI=1S/CH4.B.Co.Fe.Si/h1H4;;;;. The molecule has 5 heavy (non-hydrogen) atoms. The van der Waals surface area contributed by atoms with E-state index >= 15 is 0 Å². The van der Waals surface area contributed by atoms with Crippen molar-refractivity contribution in [2.24, 2.45) is 0 Å². The van der Waals surface area contributed by atoms with Crippen molar-refractivity contribution < 1.29 is 33.8 Å². The SMILES string of the molecule is C.[B].[Co].[Fe].[Si]. The van der Waals surface area contributed by atoms with Gasteiger partial charge < -0.3 is 0 Å². The van der Waals surface area contributed by atoms with Crippen LogP contribution < -0.4 is 0 Å². The summed E-state index contributed by atoms with van der Waals surface area (Å²) in [5.74, 6) is 0. The molecular formula is CH4BCoFeSi. The molecule has 0 amide bonds. The second-order valence-corrected chi connectivity index (χ2v) is 0. The first-order chi connectivity index (χ1) is 0. The Morgan fingerprint density at radius 2 is 1.00 bits per heavy atom. The molecule has 0 nitrogen and oxygen atoms in total. The molecule has 0 aliphatic rings. The molecule has 0 aliphatic carbocycles. The molecule has 0 aromatic heterocycles. The summed E-state index contributed by atoms with van der Waals surface area (Å²) in [5, 5.41) is 0. The third-order valence-electron chi connectivity index (χ3n) is 0. The van der Waals surface area contributed by atoms with Crippen LogP contribution in [0, 0.1) is 0 Å². The summed E-state index contributed by atoms with van der Waals surface area (Å²) in [6.07, 6.45) is 0. The summed E-state index contributed by atoms with van der Waals surface area (Å²) < 4.78 is 0. The van der Waals surface area contributed by atoms with E-state index < -0.39 is 0 Å². The summed E-state index contributed by atoms with van der Waals surface area (Å²) in [6.45, 7) is 0. The van der Waals surface area contributed by atoms with Crippen LogP contribution in [-0.2, 0) is 33.8 Å². The van der Waals surface area contributed by atoms with Crippen molar-refractivity contribution in [3.8, 4) is 0 Å². The van der Waals surface area contributed by atoms with Crippen LogP contribution in [0.4, 0.5) is 0 Å². The quantitative estimate of drug-likeness (QED) is 0.444. The molecule has 0 rings (SSSR count). The molecule has 0 N–H and O–H groups in total. The van der Waals surface area contributed by atoms with E-state index in [-0.39, 0.29) is 60.7 Å². The van der Waals surface area contributed by atoms with Gasteiger partial charge in [-0.15, -0.1) is 0 Å². The zero-order chi connectivity index (χ0) is 0. The van der Waals surface area contributed by atoms with Gasteiger partial charge in [-0.25, -0.2) is 0 Å². The average Bonchev–Trinajstić information content (AvgIpc) is 0. The van der Waals surface area contributed by atoms with Gasteiger partial charge in [-0.1, -0.05) is 7.43 Å². The van der Waals surface area contributed by atoms with Crippen molar-refractivity contribution >= 4 is 19.4 Å². The molecule has 0 fully saturated rings. The van der Waals surface area contributed by atoms with E-state index in [0.29, 0.717) is 0 Å². The first-order valence-corrected chi connectivity index (χ1v) is 0. The maximum atomic E-state index is 0. The topological polar surface area (TPSA) is 0 Å². The normalized spacial score (nSPS) is 0. The molecule has 0 saturated carbocycles. The van der Waals surface area contributed by atoms with E-state index in [4.69, 9.17) is 0 Å². The molecule has 32 valence electrons. The van der Waals surface area contributed by atoms with Crippen molar-refractivity contribution in [3.63, 3.8) is 0 Å². The van der Waals surface area contributed by atoms with Crippen molar-refractivity contribution in [1.82, 2.24) is 0 Å². The third kappa shape index (κ3) is 34.0. The summed E-state index contributed by atoms with van der Waals surface area (Å²) >= 11 is 0. The van der Waals surface area contributed by atoms with E-state index in [1.54, 1.807) is 0 Å². The second kappa shape index (κ2) is 57.6. The van der Waals surface area contributed by atoms with Gasteiger partial charge in [0.1, 0.15) is 0 Å². The third-order valence-corrected chi connectivity index (χ3v) is 0. The van der Waals surface area contributed by atoms with E-state index in [1.807, 2.05) is 0 Å². The molecular weight excluding hydrogens is 166 g/mol. The van der Waals surface area contributed by atoms with Crippen LogP contribution in [0.2, 0.25) is 0 Å². The van der Waals surface area contributed by atoms with Crippen molar-refractivity contribution in [2.75, 3.05) is 0 Å². The fourth-order valence-electron chi connectivity index (χ4n) is 0. The van der Waals surface area contributed by atoms with Crippen molar-refractivity contribution in [1.29, 1.82) is 0 Å². The van der Waals surface area contributed by atoms with Gasteiger partial charge >= 0.3 is 0 Å². The van der Waals surface area contributed by atoms with Gasteiger partial charge in [-0.05, 0) is 0 Å². The van der Waals surface area contributed by atoms with E-state index in [0.717, 1.165) is 0 Å². The summed E-state index contributed by atoms with van der Waals surface area (Å²) in [6, 6.07) is 0. The smallest absolute Gasteiger partial charge is 0 e. The molecule has 0 aromatic rings. The van der Waals surface area contributed by atoms with Crippen molar-refractivity contribution in [3.05, 3.63) is 0 Å². The van der Waals surface area contributed by atoms with Crippen LogP contribution in [-0.4, -0.2) is 19.4 Å². The van der Waals surface area contributed by atoms with Crippen LogP contribution in [0.3, 0.4) is 0 Å². The Morgan fingerprint density at radius 1 is 1.00 bits per heavy atom.